The monoisotopic (exact) mass is 214 g/mol. The molecule has 1 heterocycles. The molecule has 0 aliphatic rings. The van der Waals surface area contributed by atoms with E-state index in [1.807, 2.05) is 31.2 Å². The van der Waals surface area contributed by atoms with Crippen LogP contribution in [-0.4, -0.2) is 21.3 Å². The fraction of sp³-hybridized carbons (Fsp3) is 0.667. The normalized spacial score (nSPS) is 13.1. The standard InChI is InChI=1S/C9H18N4S/c1-3-4-14-7-9(12-10)8-5-11-13(2)6-8/h5-6,9,12H,3-4,7,10H2,1-2H3. The number of rotatable bonds is 6. The van der Waals surface area contributed by atoms with Crippen LogP contribution in [0, 0.1) is 0 Å². The molecule has 0 saturated heterocycles. The van der Waals surface area contributed by atoms with Crippen LogP contribution in [-0.2, 0) is 7.05 Å². The average Bonchev–Trinajstić information content (AvgIpc) is 2.60. The van der Waals surface area contributed by atoms with Gasteiger partial charge in [-0.15, -0.1) is 0 Å². The molecule has 5 heteroatoms. The number of nitrogens with one attached hydrogen (secondary N) is 1. The number of nitrogens with two attached hydrogens (primary N) is 1. The highest BCUT2D eigenvalue weighted by Crippen LogP contribution is 2.17. The van der Waals surface area contributed by atoms with Crippen LogP contribution in [0.1, 0.15) is 24.9 Å². The Morgan fingerprint density at radius 1 is 1.71 bits per heavy atom. The van der Waals surface area contributed by atoms with Gasteiger partial charge >= 0.3 is 0 Å². The number of hydrogen-bond acceptors (Lipinski definition) is 4. The summed E-state index contributed by atoms with van der Waals surface area (Å²) in [6.45, 7) is 2.18. The zero-order valence-corrected chi connectivity index (χ0v) is 9.55. The van der Waals surface area contributed by atoms with Gasteiger partial charge in [0.05, 0.1) is 12.2 Å². The Bertz CT molecular complexity index is 261. The summed E-state index contributed by atoms with van der Waals surface area (Å²) in [4.78, 5) is 0. The maximum absolute atomic E-state index is 5.50. The van der Waals surface area contributed by atoms with Crippen molar-refractivity contribution in [2.24, 2.45) is 12.9 Å². The quantitative estimate of drug-likeness (QED) is 0.422. The fourth-order valence-corrected chi connectivity index (χ4v) is 2.19. The summed E-state index contributed by atoms with van der Waals surface area (Å²) < 4.78 is 1.80. The van der Waals surface area contributed by atoms with Crippen molar-refractivity contribution in [1.29, 1.82) is 0 Å². The number of thioether (sulfide) groups is 1. The molecular weight excluding hydrogens is 196 g/mol. The molecule has 80 valence electrons. The van der Waals surface area contributed by atoms with E-state index in [0.29, 0.717) is 0 Å². The lowest BCUT2D eigenvalue weighted by atomic mass is 10.2. The predicted molar refractivity (Wildman–Crippen MR) is 60.9 cm³/mol. The third kappa shape index (κ3) is 3.32. The lowest BCUT2D eigenvalue weighted by Gasteiger charge is -2.12. The van der Waals surface area contributed by atoms with Crippen molar-refractivity contribution in [2.45, 2.75) is 19.4 Å². The Labute approximate surface area is 89.2 Å². The molecule has 0 aliphatic carbocycles. The van der Waals surface area contributed by atoms with Gasteiger partial charge in [0.2, 0.25) is 0 Å². The number of nitrogens with zero attached hydrogens (tertiary/aromatic N) is 2. The SMILES string of the molecule is CCCSCC(NN)c1cnn(C)c1. The highest BCUT2D eigenvalue weighted by atomic mass is 32.2. The first kappa shape index (κ1) is 11.6. The maximum Gasteiger partial charge on any atom is 0.0581 e. The van der Waals surface area contributed by atoms with E-state index in [1.54, 1.807) is 4.68 Å². The molecule has 0 saturated carbocycles. The Kier molecular flexibility index (Phi) is 5.00. The molecule has 0 spiro atoms. The van der Waals surface area contributed by atoms with Gasteiger partial charge in [0, 0.05) is 24.6 Å². The molecule has 0 bridgehead atoms. The van der Waals surface area contributed by atoms with Crippen LogP contribution >= 0.6 is 11.8 Å². The molecule has 1 rings (SSSR count). The molecule has 0 aromatic carbocycles. The predicted octanol–water partition coefficient (Wildman–Crippen LogP) is 1.07. The minimum Gasteiger partial charge on any atom is -0.275 e. The summed E-state index contributed by atoms with van der Waals surface area (Å²) in [5.41, 5.74) is 3.97. The molecule has 1 atom stereocenters. The number of aryl methyl sites for hydroxylation is 1. The van der Waals surface area contributed by atoms with E-state index in [0.717, 1.165) is 11.3 Å². The summed E-state index contributed by atoms with van der Waals surface area (Å²) in [6, 6.07) is 0.209. The van der Waals surface area contributed by atoms with Crippen LogP contribution in [0.3, 0.4) is 0 Å². The first-order valence-electron chi connectivity index (χ1n) is 4.80. The molecule has 0 amide bonds. The summed E-state index contributed by atoms with van der Waals surface area (Å²) in [7, 11) is 1.91. The first-order chi connectivity index (χ1) is 6.77. The van der Waals surface area contributed by atoms with Crippen LogP contribution < -0.4 is 11.3 Å². The molecule has 14 heavy (non-hydrogen) atoms. The van der Waals surface area contributed by atoms with Crippen LogP contribution in [0.25, 0.3) is 0 Å². The molecule has 0 radical (unpaired) electrons. The molecule has 3 N–H and O–H groups in total. The highest BCUT2D eigenvalue weighted by molar-refractivity contribution is 7.99. The zero-order valence-electron chi connectivity index (χ0n) is 8.73. The van der Waals surface area contributed by atoms with Crippen molar-refractivity contribution < 1.29 is 0 Å². The second kappa shape index (κ2) is 6.06. The largest absolute Gasteiger partial charge is 0.275 e. The first-order valence-corrected chi connectivity index (χ1v) is 5.95. The lowest BCUT2D eigenvalue weighted by Crippen LogP contribution is -2.29. The van der Waals surface area contributed by atoms with Gasteiger partial charge < -0.3 is 0 Å². The minimum atomic E-state index is 0.209. The molecule has 0 aliphatic heterocycles. The van der Waals surface area contributed by atoms with Crippen molar-refractivity contribution in [3.05, 3.63) is 18.0 Å². The topological polar surface area (TPSA) is 55.9 Å². The zero-order chi connectivity index (χ0) is 10.4. The van der Waals surface area contributed by atoms with Crippen molar-refractivity contribution in [3.63, 3.8) is 0 Å². The van der Waals surface area contributed by atoms with Gasteiger partial charge in [0.25, 0.3) is 0 Å². The van der Waals surface area contributed by atoms with E-state index in [2.05, 4.69) is 17.4 Å². The summed E-state index contributed by atoms with van der Waals surface area (Å²) in [5.74, 6) is 7.67. The number of aromatic nitrogens is 2. The molecular formula is C9H18N4S. The Balaban J connectivity index is 2.45. The van der Waals surface area contributed by atoms with Crippen molar-refractivity contribution in [3.8, 4) is 0 Å². The fourth-order valence-electron chi connectivity index (χ4n) is 1.21. The van der Waals surface area contributed by atoms with E-state index in [1.165, 1.54) is 12.2 Å². The Morgan fingerprint density at radius 3 is 3.00 bits per heavy atom. The van der Waals surface area contributed by atoms with Gasteiger partial charge in [-0.1, -0.05) is 6.92 Å². The lowest BCUT2D eigenvalue weighted by molar-refractivity contribution is 0.610. The van der Waals surface area contributed by atoms with Crippen LogP contribution in [0.5, 0.6) is 0 Å². The minimum absolute atomic E-state index is 0.209. The van der Waals surface area contributed by atoms with Crippen molar-refractivity contribution >= 4 is 11.8 Å². The summed E-state index contributed by atoms with van der Waals surface area (Å²) >= 11 is 1.91. The summed E-state index contributed by atoms with van der Waals surface area (Å²) in [6.07, 6.45) is 5.06. The third-order valence-electron chi connectivity index (χ3n) is 1.96. The second-order valence-electron chi connectivity index (χ2n) is 3.24. The smallest absolute Gasteiger partial charge is 0.0581 e. The van der Waals surface area contributed by atoms with Gasteiger partial charge in [-0.25, -0.2) is 0 Å². The second-order valence-corrected chi connectivity index (χ2v) is 4.39. The molecule has 1 aromatic rings. The van der Waals surface area contributed by atoms with E-state index in [4.69, 9.17) is 5.84 Å². The van der Waals surface area contributed by atoms with Gasteiger partial charge in [0.1, 0.15) is 0 Å². The van der Waals surface area contributed by atoms with Gasteiger partial charge in [-0.2, -0.15) is 16.9 Å². The van der Waals surface area contributed by atoms with Gasteiger partial charge in [0.15, 0.2) is 0 Å². The van der Waals surface area contributed by atoms with E-state index < -0.39 is 0 Å². The summed E-state index contributed by atoms with van der Waals surface area (Å²) in [5, 5.41) is 4.13. The Morgan fingerprint density at radius 2 is 2.50 bits per heavy atom. The van der Waals surface area contributed by atoms with Crippen molar-refractivity contribution in [1.82, 2.24) is 15.2 Å². The van der Waals surface area contributed by atoms with Gasteiger partial charge in [-0.05, 0) is 12.2 Å². The highest BCUT2D eigenvalue weighted by Gasteiger charge is 2.10. The molecule has 0 fully saturated rings. The van der Waals surface area contributed by atoms with E-state index in [-0.39, 0.29) is 6.04 Å². The van der Waals surface area contributed by atoms with Crippen LogP contribution in [0.2, 0.25) is 0 Å². The molecule has 1 aromatic heterocycles. The average molecular weight is 214 g/mol. The third-order valence-corrected chi connectivity index (χ3v) is 3.23. The van der Waals surface area contributed by atoms with Crippen LogP contribution in [0.4, 0.5) is 0 Å². The van der Waals surface area contributed by atoms with Crippen LogP contribution in [0.15, 0.2) is 12.4 Å². The maximum atomic E-state index is 5.50. The molecule has 4 nitrogen and oxygen atoms in total. The Hall–Kier alpha value is -0.520. The van der Waals surface area contributed by atoms with E-state index in [9.17, 15) is 0 Å². The molecule has 1 unspecified atom stereocenters. The van der Waals surface area contributed by atoms with Crippen molar-refractivity contribution in [2.75, 3.05) is 11.5 Å². The van der Waals surface area contributed by atoms with Gasteiger partial charge in [-0.3, -0.25) is 16.0 Å². The van der Waals surface area contributed by atoms with E-state index >= 15 is 0 Å². The number of hydrogen-bond donors (Lipinski definition) is 2. The number of hydrazine groups is 1.